The maximum atomic E-state index is 13.6. The lowest BCUT2D eigenvalue weighted by Gasteiger charge is -2.14. The summed E-state index contributed by atoms with van der Waals surface area (Å²) in [6.07, 6.45) is 0. The summed E-state index contributed by atoms with van der Waals surface area (Å²) in [4.78, 5) is 0. The summed E-state index contributed by atoms with van der Waals surface area (Å²) in [5.74, 6) is -0.331. The molecular formula is C13H18FNOS. The fraction of sp³-hybridized carbons (Fsp3) is 0.462. The first kappa shape index (κ1) is 14.0. The third-order valence-corrected chi connectivity index (χ3v) is 3.74. The van der Waals surface area contributed by atoms with Gasteiger partial charge >= 0.3 is 0 Å². The third-order valence-electron chi connectivity index (χ3n) is 2.26. The molecule has 0 aliphatic rings. The van der Waals surface area contributed by atoms with Gasteiger partial charge in [0.05, 0.1) is 10.5 Å². The van der Waals surface area contributed by atoms with Gasteiger partial charge in [-0.25, -0.2) is 8.60 Å². The van der Waals surface area contributed by atoms with Gasteiger partial charge in [0.25, 0.3) is 0 Å². The maximum absolute atomic E-state index is 13.6. The van der Waals surface area contributed by atoms with Crippen molar-refractivity contribution in [3.05, 3.63) is 35.1 Å². The fourth-order valence-electron chi connectivity index (χ4n) is 1.23. The van der Waals surface area contributed by atoms with E-state index in [4.69, 9.17) is 0 Å². The van der Waals surface area contributed by atoms with E-state index in [0.717, 1.165) is 5.56 Å². The van der Waals surface area contributed by atoms with Crippen LogP contribution in [0.25, 0.3) is 0 Å². The Balaban J connectivity index is 3.12. The van der Waals surface area contributed by atoms with Crippen LogP contribution in [0, 0.1) is 12.7 Å². The van der Waals surface area contributed by atoms with Crippen molar-refractivity contribution in [3.8, 4) is 0 Å². The lowest BCUT2D eigenvalue weighted by atomic mass is 10.1. The molecule has 0 radical (unpaired) electrons. The molecule has 1 aromatic carbocycles. The SMILES string of the molecule is C/C(=N\[S@](=O)C(C)(C)C)c1cc(C)ccc1F. The summed E-state index contributed by atoms with van der Waals surface area (Å²) >= 11 is 0. The van der Waals surface area contributed by atoms with Crippen LogP contribution in [0.4, 0.5) is 4.39 Å². The molecule has 0 aromatic heterocycles. The molecule has 1 atom stereocenters. The molecular weight excluding hydrogens is 237 g/mol. The van der Waals surface area contributed by atoms with Gasteiger partial charge in [-0.3, -0.25) is 0 Å². The Hall–Kier alpha value is -1.03. The average Bonchev–Trinajstić information content (AvgIpc) is 2.20. The second-order valence-corrected chi connectivity index (χ2v) is 6.93. The Morgan fingerprint density at radius 3 is 2.47 bits per heavy atom. The zero-order chi connectivity index (χ0) is 13.2. The summed E-state index contributed by atoms with van der Waals surface area (Å²) in [7, 11) is -1.36. The molecule has 0 saturated carbocycles. The Labute approximate surface area is 105 Å². The average molecular weight is 255 g/mol. The fourth-order valence-corrected chi connectivity index (χ4v) is 1.85. The lowest BCUT2D eigenvalue weighted by Crippen LogP contribution is -2.20. The topological polar surface area (TPSA) is 29.4 Å². The van der Waals surface area contributed by atoms with Gasteiger partial charge in [0.1, 0.15) is 16.8 Å². The minimum atomic E-state index is -1.36. The number of rotatable bonds is 2. The summed E-state index contributed by atoms with van der Waals surface area (Å²) in [5, 5.41) is 0. The minimum absolute atomic E-state index is 0.331. The van der Waals surface area contributed by atoms with E-state index in [0.29, 0.717) is 11.3 Å². The zero-order valence-electron chi connectivity index (χ0n) is 10.9. The number of hydrogen-bond acceptors (Lipinski definition) is 1. The van der Waals surface area contributed by atoms with Crippen molar-refractivity contribution in [1.82, 2.24) is 0 Å². The second-order valence-electron chi connectivity index (χ2n) is 5.02. The maximum Gasteiger partial charge on any atom is 0.145 e. The molecule has 2 nitrogen and oxygen atoms in total. The highest BCUT2D eigenvalue weighted by molar-refractivity contribution is 7.85. The van der Waals surface area contributed by atoms with Crippen LogP contribution in [0.5, 0.6) is 0 Å². The van der Waals surface area contributed by atoms with E-state index in [9.17, 15) is 8.60 Å². The van der Waals surface area contributed by atoms with Gasteiger partial charge in [0, 0.05) is 5.56 Å². The van der Waals surface area contributed by atoms with E-state index < -0.39 is 15.7 Å². The molecule has 1 aromatic rings. The van der Waals surface area contributed by atoms with E-state index in [2.05, 4.69) is 4.40 Å². The van der Waals surface area contributed by atoms with Crippen LogP contribution >= 0.6 is 0 Å². The van der Waals surface area contributed by atoms with Crippen LogP contribution in [-0.2, 0) is 11.0 Å². The number of aryl methyl sites for hydroxylation is 1. The normalized spacial score (nSPS) is 14.8. The highest BCUT2D eigenvalue weighted by Gasteiger charge is 2.19. The predicted octanol–water partition coefficient (Wildman–Crippen LogP) is 3.41. The predicted molar refractivity (Wildman–Crippen MR) is 71.2 cm³/mol. The largest absolute Gasteiger partial charge is 0.234 e. The zero-order valence-corrected chi connectivity index (χ0v) is 11.7. The molecule has 0 bridgehead atoms. The summed E-state index contributed by atoms with van der Waals surface area (Å²) in [6, 6.07) is 4.82. The monoisotopic (exact) mass is 255 g/mol. The standard InChI is InChI=1S/C13H18FNOS/c1-9-6-7-12(14)11(8-9)10(2)15-17(16)13(3,4)5/h6-8H,1-5H3/b15-10+/t17-/m1/s1. The summed E-state index contributed by atoms with van der Waals surface area (Å²) in [6.45, 7) is 9.09. The third kappa shape index (κ3) is 3.73. The number of halogens is 1. The van der Waals surface area contributed by atoms with Crippen LogP contribution in [-0.4, -0.2) is 14.7 Å². The van der Waals surface area contributed by atoms with E-state index in [-0.39, 0.29) is 5.82 Å². The van der Waals surface area contributed by atoms with E-state index >= 15 is 0 Å². The van der Waals surface area contributed by atoms with Gasteiger partial charge in [-0.2, -0.15) is 4.40 Å². The van der Waals surface area contributed by atoms with Crippen molar-refractivity contribution in [2.75, 3.05) is 0 Å². The Bertz CT molecular complexity index is 475. The van der Waals surface area contributed by atoms with E-state index in [1.165, 1.54) is 6.07 Å². The smallest absolute Gasteiger partial charge is 0.145 e. The Morgan fingerprint density at radius 2 is 1.94 bits per heavy atom. The number of nitrogens with zero attached hydrogens (tertiary/aromatic N) is 1. The Morgan fingerprint density at radius 1 is 1.35 bits per heavy atom. The van der Waals surface area contributed by atoms with Gasteiger partial charge in [0.2, 0.25) is 0 Å². The van der Waals surface area contributed by atoms with Crippen molar-refractivity contribution < 1.29 is 8.60 Å². The molecule has 94 valence electrons. The first-order valence-electron chi connectivity index (χ1n) is 5.45. The molecule has 0 unspecified atom stereocenters. The van der Waals surface area contributed by atoms with Crippen LogP contribution in [0.1, 0.15) is 38.8 Å². The first-order valence-corrected chi connectivity index (χ1v) is 6.56. The van der Waals surface area contributed by atoms with Gasteiger partial charge in [-0.05, 0) is 46.8 Å². The highest BCUT2D eigenvalue weighted by atomic mass is 32.2. The number of benzene rings is 1. The van der Waals surface area contributed by atoms with Gasteiger partial charge in [-0.1, -0.05) is 11.6 Å². The molecule has 0 spiro atoms. The van der Waals surface area contributed by atoms with Crippen molar-refractivity contribution in [1.29, 1.82) is 0 Å². The molecule has 0 heterocycles. The van der Waals surface area contributed by atoms with Crippen LogP contribution in [0.3, 0.4) is 0 Å². The molecule has 17 heavy (non-hydrogen) atoms. The van der Waals surface area contributed by atoms with E-state index in [1.807, 2.05) is 27.7 Å². The summed E-state index contributed by atoms with van der Waals surface area (Å²) < 4.78 is 29.1. The van der Waals surface area contributed by atoms with Crippen LogP contribution in [0.15, 0.2) is 22.6 Å². The highest BCUT2D eigenvalue weighted by Crippen LogP contribution is 2.16. The van der Waals surface area contributed by atoms with Gasteiger partial charge in [0.15, 0.2) is 0 Å². The lowest BCUT2D eigenvalue weighted by molar-refractivity contribution is 0.624. The van der Waals surface area contributed by atoms with Crippen molar-refractivity contribution in [3.63, 3.8) is 0 Å². The van der Waals surface area contributed by atoms with Gasteiger partial charge in [-0.15, -0.1) is 0 Å². The summed E-state index contributed by atoms with van der Waals surface area (Å²) in [5.41, 5.74) is 1.85. The van der Waals surface area contributed by atoms with E-state index in [1.54, 1.807) is 19.1 Å². The quantitative estimate of drug-likeness (QED) is 0.745. The van der Waals surface area contributed by atoms with Crippen molar-refractivity contribution in [2.45, 2.75) is 39.4 Å². The Kier molecular flexibility index (Phi) is 4.20. The van der Waals surface area contributed by atoms with Gasteiger partial charge < -0.3 is 0 Å². The first-order chi connectivity index (χ1) is 7.71. The molecule has 0 aliphatic carbocycles. The second kappa shape index (κ2) is 5.08. The molecule has 0 amide bonds. The number of hydrogen-bond donors (Lipinski definition) is 0. The minimum Gasteiger partial charge on any atom is -0.234 e. The molecule has 0 fully saturated rings. The van der Waals surface area contributed by atoms with Crippen molar-refractivity contribution >= 4 is 16.7 Å². The van der Waals surface area contributed by atoms with Crippen LogP contribution < -0.4 is 0 Å². The molecule has 0 saturated heterocycles. The molecule has 0 aliphatic heterocycles. The van der Waals surface area contributed by atoms with Crippen LogP contribution in [0.2, 0.25) is 0 Å². The molecule has 4 heteroatoms. The molecule has 0 N–H and O–H groups in total. The van der Waals surface area contributed by atoms with Crippen molar-refractivity contribution in [2.24, 2.45) is 4.40 Å². The molecule has 1 rings (SSSR count).